The number of anilines is 1. The maximum Gasteiger partial charge on any atom is 0.234 e. The van der Waals surface area contributed by atoms with Crippen LogP contribution in [0.25, 0.3) is 10.9 Å². The number of fused-ring (bicyclic) bond motifs is 1. The molecular weight excluding hydrogens is 375 g/mol. The zero-order chi connectivity index (χ0) is 18.0. The summed E-state index contributed by atoms with van der Waals surface area (Å²) in [6.45, 7) is 3.91. The molecule has 0 aliphatic rings. The molecule has 3 aromatic rings. The highest BCUT2D eigenvalue weighted by Crippen LogP contribution is 2.33. The molecule has 2 aromatic carbocycles. The molecule has 0 saturated heterocycles. The van der Waals surface area contributed by atoms with Crippen molar-refractivity contribution >= 4 is 57.5 Å². The number of hydrogen-bond donors (Lipinski definition) is 1. The number of carbonyl (C=O) groups excluding carboxylic acids is 1. The predicted octanol–water partition coefficient (Wildman–Crippen LogP) is 5.89. The van der Waals surface area contributed by atoms with Crippen LogP contribution in [0.5, 0.6) is 0 Å². The molecule has 1 aromatic heterocycles. The summed E-state index contributed by atoms with van der Waals surface area (Å²) in [6, 6.07) is 13.5. The van der Waals surface area contributed by atoms with Crippen LogP contribution in [0.4, 0.5) is 5.69 Å². The Hall–Kier alpha value is -1.75. The number of thioether (sulfide) groups is 1. The van der Waals surface area contributed by atoms with Gasteiger partial charge in [0, 0.05) is 5.39 Å². The van der Waals surface area contributed by atoms with E-state index in [1.165, 1.54) is 11.8 Å². The van der Waals surface area contributed by atoms with Gasteiger partial charge in [-0.05, 0) is 43.2 Å². The number of halogens is 2. The van der Waals surface area contributed by atoms with E-state index in [1.807, 2.05) is 50.2 Å². The van der Waals surface area contributed by atoms with Crippen molar-refractivity contribution in [3.63, 3.8) is 0 Å². The van der Waals surface area contributed by atoms with Gasteiger partial charge in [-0.2, -0.15) is 0 Å². The minimum absolute atomic E-state index is 0.174. The number of aryl methyl sites for hydroxylation is 2. The molecule has 6 heteroatoms. The van der Waals surface area contributed by atoms with Gasteiger partial charge in [0.1, 0.15) is 0 Å². The molecule has 1 N–H and O–H groups in total. The van der Waals surface area contributed by atoms with Gasteiger partial charge < -0.3 is 5.32 Å². The van der Waals surface area contributed by atoms with Crippen molar-refractivity contribution in [3.05, 3.63) is 63.6 Å². The summed E-state index contributed by atoms with van der Waals surface area (Å²) in [5, 5.41) is 5.61. The molecule has 0 spiro atoms. The zero-order valence-corrected chi connectivity index (χ0v) is 16.1. The second-order valence-electron chi connectivity index (χ2n) is 5.68. The average Bonchev–Trinajstić information content (AvgIpc) is 2.60. The van der Waals surface area contributed by atoms with Crippen LogP contribution in [-0.2, 0) is 4.79 Å². The van der Waals surface area contributed by atoms with Crippen molar-refractivity contribution in [2.75, 3.05) is 11.1 Å². The van der Waals surface area contributed by atoms with Gasteiger partial charge in [0.15, 0.2) is 0 Å². The lowest BCUT2D eigenvalue weighted by Gasteiger charge is -2.11. The Labute approximate surface area is 160 Å². The third-order valence-electron chi connectivity index (χ3n) is 3.80. The van der Waals surface area contributed by atoms with Crippen molar-refractivity contribution in [2.45, 2.75) is 18.9 Å². The molecule has 1 amide bonds. The van der Waals surface area contributed by atoms with Crippen molar-refractivity contribution in [2.24, 2.45) is 0 Å². The van der Waals surface area contributed by atoms with Gasteiger partial charge >= 0.3 is 0 Å². The molecule has 0 unspecified atom stereocenters. The minimum Gasteiger partial charge on any atom is -0.323 e. The van der Waals surface area contributed by atoms with Gasteiger partial charge in [-0.15, -0.1) is 0 Å². The smallest absolute Gasteiger partial charge is 0.234 e. The Morgan fingerprint density at radius 1 is 1.12 bits per heavy atom. The van der Waals surface area contributed by atoms with E-state index in [9.17, 15) is 4.79 Å². The number of rotatable bonds is 4. The minimum atomic E-state index is -0.174. The van der Waals surface area contributed by atoms with E-state index in [2.05, 4.69) is 10.3 Å². The topological polar surface area (TPSA) is 42.0 Å². The fourth-order valence-electron chi connectivity index (χ4n) is 2.48. The second kappa shape index (κ2) is 7.65. The molecule has 0 atom stereocenters. The molecule has 0 aliphatic heterocycles. The van der Waals surface area contributed by atoms with Crippen LogP contribution in [0, 0.1) is 13.8 Å². The van der Waals surface area contributed by atoms with E-state index in [0.717, 1.165) is 27.1 Å². The van der Waals surface area contributed by atoms with E-state index in [1.54, 1.807) is 6.07 Å². The Kier molecular flexibility index (Phi) is 5.52. The SMILES string of the molecule is Cc1ccc(Cl)c(NC(=O)CSc2cc(C)c3ccccc3n2)c1Cl. The fraction of sp³-hybridized carbons (Fsp3) is 0.158. The first-order chi connectivity index (χ1) is 12.0. The van der Waals surface area contributed by atoms with Gasteiger partial charge in [0.05, 0.1) is 32.0 Å². The van der Waals surface area contributed by atoms with Gasteiger partial charge in [-0.3, -0.25) is 4.79 Å². The number of hydrogen-bond acceptors (Lipinski definition) is 3. The first kappa shape index (κ1) is 18.1. The van der Waals surface area contributed by atoms with Crippen molar-refractivity contribution in [1.29, 1.82) is 0 Å². The van der Waals surface area contributed by atoms with Crippen LogP contribution in [0.3, 0.4) is 0 Å². The van der Waals surface area contributed by atoms with Crippen LogP contribution in [0.1, 0.15) is 11.1 Å². The van der Waals surface area contributed by atoms with Gasteiger partial charge in [-0.25, -0.2) is 4.98 Å². The highest BCUT2D eigenvalue weighted by molar-refractivity contribution is 7.99. The van der Waals surface area contributed by atoms with Crippen molar-refractivity contribution in [1.82, 2.24) is 4.98 Å². The molecular formula is C19H16Cl2N2OS. The highest BCUT2D eigenvalue weighted by Gasteiger charge is 2.13. The number of benzene rings is 2. The van der Waals surface area contributed by atoms with E-state index in [-0.39, 0.29) is 11.7 Å². The number of para-hydroxylation sites is 1. The fourth-order valence-corrected chi connectivity index (χ4v) is 3.72. The maximum absolute atomic E-state index is 12.3. The summed E-state index contributed by atoms with van der Waals surface area (Å²) in [6.07, 6.45) is 0. The highest BCUT2D eigenvalue weighted by atomic mass is 35.5. The summed E-state index contributed by atoms with van der Waals surface area (Å²) in [4.78, 5) is 16.9. The van der Waals surface area contributed by atoms with E-state index in [4.69, 9.17) is 23.2 Å². The van der Waals surface area contributed by atoms with Crippen LogP contribution < -0.4 is 5.32 Å². The monoisotopic (exact) mass is 390 g/mol. The number of aromatic nitrogens is 1. The molecule has 0 aliphatic carbocycles. The third kappa shape index (κ3) is 4.09. The van der Waals surface area contributed by atoms with E-state index in [0.29, 0.717) is 15.7 Å². The normalized spacial score (nSPS) is 10.9. The molecule has 3 nitrogen and oxygen atoms in total. The Morgan fingerprint density at radius 2 is 1.88 bits per heavy atom. The molecule has 25 heavy (non-hydrogen) atoms. The van der Waals surface area contributed by atoms with Crippen LogP contribution in [-0.4, -0.2) is 16.6 Å². The van der Waals surface area contributed by atoms with Crippen LogP contribution >= 0.6 is 35.0 Å². The summed E-state index contributed by atoms with van der Waals surface area (Å²) in [7, 11) is 0. The zero-order valence-electron chi connectivity index (χ0n) is 13.8. The average molecular weight is 391 g/mol. The number of carbonyl (C=O) groups is 1. The second-order valence-corrected chi connectivity index (χ2v) is 7.47. The molecule has 1 heterocycles. The number of pyridine rings is 1. The third-order valence-corrected chi connectivity index (χ3v) is 5.51. The van der Waals surface area contributed by atoms with Gasteiger partial charge in [0.2, 0.25) is 5.91 Å². The summed E-state index contributed by atoms with van der Waals surface area (Å²) in [5.74, 6) is 0.0535. The maximum atomic E-state index is 12.3. The lowest BCUT2D eigenvalue weighted by molar-refractivity contribution is -0.113. The first-order valence-electron chi connectivity index (χ1n) is 7.69. The molecule has 0 bridgehead atoms. The standard InChI is InChI=1S/C19H16Cl2N2OS/c1-11-7-8-14(20)19(18(11)21)23-16(24)10-25-17-9-12(2)13-5-3-4-6-15(13)22-17/h3-9H,10H2,1-2H3,(H,23,24). The predicted molar refractivity (Wildman–Crippen MR) is 107 cm³/mol. The Balaban J connectivity index is 1.72. The van der Waals surface area contributed by atoms with Gasteiger partial charge in [0.25, 0.3) is 0 Å². The lowest BCUT2D eigenvalue weighted by atomic mass is 10.1. The van der Waals surface area contributed by atoms with E-state index >= 15 is 0 Å². The van der Waals surface area contributed by atoms with Crippen molar-refractivity contribution in [3.8, 4) is 0 Å². The molecule has 3 rings (SSSR count). The molecule has 0 radical (unpaired) electrons. The number of nitrogens with one attached hydrogen (secondary N) is 1. The molecule has 0 fully saturated rings. The van der Waals surface area contributed by atoms with Gasteiger partial charge in [-0.1, -0.05) is 59.2 Å². The largest absolute Gasteiger partial charge is 0.323 e. The number of amides is 1. The van der Waals surface area contributed by atoms with E-state index < -0.39 is 0 Å². The Bertz CT molecular complexity index is 960. The summed E-state index contributed by atoms with van der Waals surface area (Å²) < 4.78 is 0. The van der Waals surface area contributed by atoms with Crippen LogP contribution in [0.15, 0.2) is 47.5 Å². The first-order valence-corrected chi connectivity index (χ1v) is 9.43. The quantitative estimate of drug-likeness (QED) is 0.564. The lowest BCUT2D eigenvalue weighted by Crippen LogP contribution is -2.15. The molecule has 0 saturated carbocycles. The molecule has 128 valence electrons. The van der Waals surface area contributed by atoms with Crippen LogP contribution in [0.2, 0.25) is 10.0 Å². The van der Waals surface area contributed by atoms with Crippen molar-refractivity contribution < 1.29 is 4.79 Å². The number of nitrogens with zero attached hydrogens (tertiary/aromatic N) is 1. The summed E-state index contributed by atoms with van der Waals surface area (Å²) >= 11 is 13.7. The summed E-state index contributed by atoms with van der Waals surface area (Å²) in [5.41, 5.74) is 3.38. The Morgan fingerprint density at radius 3 is 2.68 bits per heavy atom.